The second kappa shape index (κ2) is 9.02. The van der Waals surface area contributed by atoms with E-state index in [2.05, 4.69) is 18.3 Å². The van der Waals surface area contributed by atoms with Gasteiger partial charge in [-0.25, -0.2) is 0 Å². The Hall–Kier alpha value is -1.06. The van der Waals surface area contributed by atoms with Crippen LogP contribution in [-0.2, 0) is 6.54 Å². The van der Waals surface area contributed by atoms with Gasteiger partial charge >= 0.3 is 0 Å². The molecule has 0 bridgehead atoms. The highest BCUT2D eigenvalue weighted by molar-refractivity contribution is 5.33. The minimum absolute atomic E-state index is 0.166. The third kappa shape index (κ3) is 5.71. The number of rotatable bonds is 9. The summed E-state index contributed by atoms with van der Waals surface area (Å²) in [5.74, 6) is 0.953. The highest BCUT2D eigenvalue weighted by Crippen LogP contribution is 2.18. The van der Waals surface area contributed by atoms with Gasteiger partial charge in [-0.15, -0.1) is 0 Å². The minimum atomic E-state index is 0.166. The van der Waals surface area contributed by atoms with E-state index in [1.807, 2.05) is 18.2 Å². The average Bonchev–Trinajstić information content (AvgIpc) is 2.36. The smallest absolute Gasteiger partial charge is 0.123 e. The van der Waals surface area contributed by atoms with Crippen molar-refractivity contribution in [3.63, 3.8) is 0 Å². The first-order valence-corrected chi connectivity index (χ1v) is 6.40. The molecule has 3 heteroatoms. The minimum Gasteiger partial charge on any atom is -0.493 e. The summed E-state index contributed by atoms with van der Waals surface area (Å²) in [7, 11) is 0. The van der Waals surface area contributed by atoms with E-state index in [4.69, 9.17) is 9.84 Å². The van der Waals surface area contributed by atoms with Crippen LogP contribution in [0.15, 0.2) is 24.3 Å². The molecule has 0 heterocycles. The molecule has 0 atom stereocenters. The zero-order valence-electron chi connectivity index (χ0n) is 10.6. The highest BCUT2D eigenvalue weighted by atomic mass is 16.5. The summed E-state index contributed by atoms with van der Waals surface area (Å²) in [6.07, 6.45) is 3.53. The molecule has 17 heavy (non-hydrogen) atoms. The lowest BCUT2D eigenvalue weighted by atomic mass is 10.2. The van der Waals surface area contributed by atoms with Gasteiger partial charge in [-0.05, 0) is 12.5 Å². The molecule has 0 amide bonds. The Morgan fingerprint density at radius 3 is 2.82 bits per heavy atom. The quantitative estimate of drug-likeness (QED) is 0.648. The highest BCUT2D eigenvalue weighted by Gasteiger charge is 2.01. The molecule has 0 spiro atoms. The molecule has 1 rings (SSSR count). The van der Waals surface area contributed by atoms with E-state index in [1.165, 1.54) is 12.8 Å². The van der Waals surface area contributed by atoms with Crippen LogP contribution < -0.4 is 10.1 Å². The Bertz CT molecular complexity index is 302. The fraction of sp³-hybridized carbons (Fsp3) is 0.571. The number of para-hydroxylation sites is 1. The third-order valence-corrected chi connectivity index (χ3v) is 2.58. The summed E-state index contributed by atoms with van der Waals surface area (Å²) in [6.45, 7) is 4.49. The van der Waals surface area contributed by atoms with Gasteiger partial charge in [0.15, 0.2) is 0 Å². The van der Waals surface area contributed by atoms with Crippen molar-refractivity contribution in [2.75, 3.05) is 19.8 Å². The predicted molar refractivity (Wildman–Crippen MR) is 70.3 cm³/mol. The molecule has 0 fully saturated rings. The molecule has 0 unspecified atom stereocenters. The number of nitrogens with one attached hydrogen (secondary N) is 1. The molecule has 0 radical (unpaired) electrons. The van der Waals surface area contributed by atoms with Gasteiger partial charge in [-0.3, -0.25) is 0 Å². The topological polar surface area (TPSA) is 41.5 Å². The second-order valence-electron chi connectivity index (χ2n) is 4.06. The average molecular weight is 237 g/mol. The van der Waals surface area contributed by atoms with Crippen LogP contribution in [0.5, 0.6) is 5.75 Å². The molecule has 0 aliphatic heterocycles. The summed E-state index contributed by atoms with van der Waals surface area (Å²) in [5, 5.41) is 11.9. The lowest BCUT2D eigenvalue weighted by molar-refractivity contribution is 0.288. The summed E-state index contributed by atoms with van der Waals surface area (Å²) >= 11 is 0. The number of unbranched alkanes of at least 4 members (excludes halogenated alkanes) is 2. The zero-order chi connectivity index (χ0) is 12.3. The number of aliphatic hydroxyl groups is 1. The molecule has 0 saturated carbocycles. The van der Waals surface area contributed by atoms with Gasteiger partial charge in [0.25, 0.3) is 0 Å². The van der Waals surface area contributed by atoms with Crippen LogP contribution in [0.3, 0.4) is 0 Å². The number of hydrogen-bond donors (Lipinski definition) is 2. The normalized spacial score (nSPS) is 10.5. The van der Waals surface area contributed by atoms with Gasteiger partial charge < -0.3 is 15.2 Å². The molecular formula is C14H23NO2. The number of aliphatic hydroxyl groups excluding tert-OH is 1. The monoisotopic (exact) mass is 237 g/mol. The van der Waals surface area contributed by atoms with Crippen LogP contribution in [0, 0.1) is 0 Å². The number of ether oxygens (including phenoxy) is 1. The summed E-state index contributed by atoms with van der Waals surface area (Å²) in [5.41, 5.74) is 1.15. The van der Waals surface area contributed by atoms with Crippen molar-refractivity contribution in [2.45, 2.75) is 32.7 Å². The van der Waals surface area contributed by atoms with Crippen molar-refractivity contribution in [3.05, 3.63) is 29.8 Å². The van der Waals surface area contributed by atoms with Crippen LogP contribution in [-0.4, -0.2) is 24.9 Å². The van der Waals surface area contributed by atoms with Gasteiger partial charge in [0.1, 0.15) is 5.75 Å². The van der Waals surface area contributed by atoms with Crippen molar-refractivity contribution in [3.8, 4) is 5.75 Å². The first-order chi connectivity index (χ1) is 8.38. The van der Waals surface area contributed by atoms with Crippen LogP contribution in [0.1, 0.15) is 31.7 Å². The van der Waals surface area contributed by atoms with Crippen molar-refractivity contribution >= 4 is 0 Å². The third-order valence-electron chi connectivity index (χ3n) is 2.58. The van der Waals surface area contributed by atoms with E-state index in [1.54, 1.807) is 0 Å². The van der Waals surface area contributed by atoms with Gasteiger partial charge in [0.05, 0.1) is 13.2 Å². The molecule has 1 aromatic carbocycles. The molecule has 0 aliphatic rings. The lowest BCUT2D eigenvalue weighted by Gasteiger charge is -2.11. The van der Waals surface area contributed by atoms with Gasteiger partial charge in [-0.2, -0.15) is 0 Å². The molecular weight excluding hydrogens is 214 g/mol. The van der Waals surface area contributed by atoms with E-state index in [-0.39, 0.29) is 6.61 Å². The van der Waals surface area contributed by atoms with Gasteiger partial charge in [0, 0.05) is 18.7 Å². The Morgan fingerprint density at radius 2 is 2.06 bits per heavy atom. The van der Waals surface area contributed by atoms with Gasteiger partial charge in [-0.1, -0.05) is 38.0 Å². The van der Waals surface area contributed by atoms with Crippen LogP contribution in [0.2, 0.25) is 0 Å². The maximum absolute atomic E-state index is 8.72. The number of hydrogen-bond acceptors (Lipinski definition) is 3. The van der Waals surface area contributed by atoms with E-state index < -0.39 is 0 Å². The first kappa shape index (κ1) is 14.0. The Morgan fingerprint density at radius 1 is 1.24 bits per heavy atom. The van der Waals surface area contributed by atoms with Crippen molar-refractivity contribution < 1.29 is 9.84 Å². The molecule has 3 nitrogen and oxygen atoms in total. The number of benzene rings is 1. The molecule has 2 N–H and O–H groups in total. The maximum atomic E-state index is 8.72. The molecule has 0 saturated heterocycles. The fourth-order valence-electron chi connectivity index (χ4n) is 1.63. The van der Waals surface area contributed by atoms with Crippen molar-refractivity contribution in [1.82, 2.24) is 5.32 Å². The Kier molecular flexibility index (Phi) is 7.43. The predicted octanol–water partition coefficient (Wildman–Crippen LogP) is 2.34. The SMILES string of the molecule is CCCCCOc1ccccc1CNCCO. The Balaban J connectivity index is 2.40. The maximum Gasteiger partial charge on any atom is 0.123 e. The zero-order valence-corrected chi connectivity index (χ0v) is 10.6. The largest absolute Gasteiger partial charge is 0.493 e. The first-order valence-electron chi connectivity index (χ1n) is 6.40. The molecule has 1 aromatic rings. The van der Waals surface area contributed by atoms with Crippen LogP contribution in [0.4, 0.5) is 0 Å². The van der Waals surface area contributed by atoms with Crippen molar-refractivity contribution in [2.24, 2.45) is 0 Å². The molecule has 0 aromatic heterocycles. The van der Waals surface area contributed by atoms with Crippen LogP contribution >= 0.6 is 0 Å². The van der Waals surface area contributed by atoms with Crippen molar-refractivity contribution in [1.29, 1.82) is 0 Å². The van der Waals surface area contributed by atoms with E-state index in [9.17, 15) is 0 Å². The fourth-order valence-corrected chi connectivity index (χ4v) is 1.63. The summed E-state index contributed by atoms with van der Waals surface area (Å²) in [6, 6.07) is 8.06. The summed E-state index contributed by atoms with van der Waals surface area (Å²) < 4.78 is 5.77. The standard InChI is InChI=1S/C14H23NO2/c1-2-3-6-11-17-14-8-5-4-7-13(14)12-15-9-10-16/h4-5,7-8,15-16H,2-3,6,9-12H2,1H3. The van der Waals surface area contributed by atoms with Gasteiger partial charge in [0.2, 0.25) is 0 Å². The summed E-state index contributed by atoms with van der Waals surface area (Å²) in [4.78, 5) is 0. The van der Waals surface area contributed by atoms with E-state index in [0.29, 0.717) is 6.54 Å². The van der Waals surface area contributed by atoms with E-state index in [0.717, 1.165) is 30.9 Å². The molecule has 0 aliphatic carbocycles. The van der Waals surface area contributed by atoms with Crippen LogP contribution in [0.25, 0.3) is 0 Å². The lowest BCUT2D eigenvalue weighted by Crippen LogP contribution is -2.18. The second-order valence-corrected chi connectivity index (χ2v) is 4.06. The molecule has 96 valence electrons. The van der Waals surface area contributed by atoms with E-state index >= 15 is 0 Å². The Labute approximate surface area is 104 Å².